The van der Waals surface area contributed by atoms with Crippen molar-refractivity contribution in [1.29, 1.82) is 0 Å². The highest BCUT2D eigenvalue weighted by atomic mass is 35.5. The van der Waals surface area contributed by atoms with E-state index in [0.717, 1.165) is 12.8 Å². The zero-order valence-electron chi connectivity index (χ0n) is 12.6. The number of amides is 1. The molecule has 0 saturated heterocycles. The fourth-order valence-electron chi connectivity index (χ4n) is 2.24. The summed E-state index contributed by atoms with van der Waals surface area (Å²) < 4.78 is 5.61. The topological polar surface area (TPSA) is 64.3 Å². The van der Waals surface area contributed by atoms with Crippen LogP contribution in [0.15, 0.2) is 18.2 Å². The Labute approximate surface area is 147 Å². The number of carbonyl (C=O) groups excluding carboxylic acids is 1. The molecule has 0 aromatic heterocycles. The highest BCUT2D eigenvalue weighted by Gasteiger charge is 2.42. The molecule has 1 aromatic rings. The van der Waals surface area contributed by atoms with Crippen LogP contribution in [0.4, 0.5) is 0 Å². The number of benzene rings is 1. The molecule has 124 valence electrons. The quantitative estimate of drug-likeness (QED) is 0.809. The minimum atomic E-state index is -0.659. The first kappa shape index (κ1) is 19.4. The van der Waals surface area contributed by atoms with E-state index in [1.54, 1.807) is 25.1 Å². The lowest BCUT2D eigenvalue weighted by Crippen LogP contribution is -2.56. The van der Waals surface area contributed by atoms with Crippen molar-refractivity contribution in [3.05, 3.63) is 28.2 Å². The van der Waals surface area contributed by atoms with Crippen LogP contribution in [0.3, 0.4) is 0 Å². The first-order valence-electron chi connectivity index (χ1n) is 6.99. The zero-order valence-corrected chi connectivity index (χ0v) is 14.9. The summed E-state index contributed by atoms with van der Waals surface area (Å²) in [7, 11) is 0. The lowest BCUT2D eigenvalue weighted by atomic mass is 9.95. The van der Waals surface area contributed by atoms with Crippen LogP contribution in [-0.2, 0) is 4.79 Å². The molecule has 1 amide bonds. The number of nitrogens with two attached hydrogens (primary N) is 1. The van der Waals surface area contributed by atoms with Crippen molar-refractivity contribution in [3.8, 4) is 5.75 Å². The normalized spacial score (nSPS) is 17.9. The van der Waals surface area contributed by atoms with E-state index in [1.165, 1.54) is 0 Å². The Kier molecular flexibility index (Phi) is 6.81. The molecule has 2 unspecified atom stereocenters. The van der Waals surface area contributed by atoms with Crippen molar-refractivity contribution < 1.29 is 9.53 Å². The van der Waals surface area contributed by atoms with Crippen LogP contribution in [0.25, 0.3) is 0 Å². The number of hydrogen-bond donors (Lipinski definition) is 2. The molecule has 0 radical (unpaired) electrons. The molecule has 0 spiro atoms. The molecule has 2 atom stereocenters. The maximum absolute atomic E-state index is 12.3. The molecule has 22 heavy (non-hydrogen) atoms. The molecular weight excluding hydrogens is 347 g/mol. The number of halogens is 3. The summed E-state index contributed by atoms with van der Waals surface area (Å²) in [5.41, 5.74) is 5.44. The SMILES string of the molecule is CC(Oc1ccc(Cl)cc1Cl)C(=O)NC(C)(CN)C1CC1.Cl. The minimum absolute atomic E-state index is 0. The number of carbonyl (C=O) groups is 1. The molecule has 1 aliphatic rings. The first-order valence-corrected chi connectivity index (χ1v) is 7.75. The van der Waals surface area contributed by atoms with Gasteiger partial charge in [0.25, 0.3) is 5.91 Å². The van der Waals surface area contributed by atoms with Gasteiger partial charge in [-0.3, -0.25) is 4.79 Å². The lowest BCUT2D eigenvalue weighted by Gasteiger charge is -2.31. The van der Waals surface area contributed by atoms with Gasteiger partial charge in [-0.25, -0.2) is 0 Å². The van der Waals surface area contributed by atoms with Gasteiger partial charge in [-0.15, -0.1) is 12.4 Å². The third kappa shape index (κ3) is 4.66. The Hall–Kier alpha value is -0.680. The highest BCUT2D eigenvalue weighted by molar-refractivity contribution is 6.35. The number of nitrogens with one attached hydrogen (secondary N) is 1. The molecule has 3 N–H and O–H groups in total. The van der Waals surface area contributed by atoms with Gasteiger partial charge in [-0.05, 0) is 50.8 Å². The minimum Gasteiger partial charge on any atom is -0.479 e. The zero-order chi connectivity index (χ0) is 15.6. The molecule has 0 aliphatic heterocycles. The lowest BCUT2D eigenvalue weighted by molar-refractivity contribution is -0.129. The van der Waals surface area contributed by atoms with E-state index in [1.807, 2.05) is 6.92 Å². The third-order valence-electron chi connectivity index (χ3n) is 3.88. The molecule has 0 heterocycles. The number of hydrogen-bond acceptors (Lipinski definition) is 3. The monoisotopic (exact) mass is 366 g/mol. The summed E-state index contributed by atoms with van der Waals surface area (Å²) >= 11 is 11.9. The smallest absolute Gasteiger partial charge is 0.261 e. The van der Waals surface area contributed by atoms with Crippen LogP contribution >= 0.6 is 35.6 Å². The summed E-state index contributed by atoms with van der Waals surface area (Å²) in [5.74, 6) is 0.697. The van der Waals surface area contributed by atoms with Crippen LogP contribution in [0, 0.1) is 5.92 Å². The predicted octanol–water partition coefficient (Wildman–Crippen LogP) is 3.43. The van der Waals surface area contributed by atoms with E-state index >= 15 is 0 Å². The standard InChI is InChI=1S/C15H20Cl2N2O2.ClH/c1-9(21-13-6-5-11(16)7-12(13)17)14(20)19-15(2,8-18)10-3-4-10;/h5-7,9-10H,3-4,8,18H2,1-2H3,(H,19,20);1H. The van der Waals surface area contributed by atoms with Gasteiger partial charge < -0.3 is 15.8 Å². The Morgan fingerprint density at radius 2 is 2.14 bits per heavy atom. The summed E-state index contributed by atoms with van der Waals surface area (Å²) in [6, 6.07) is 4.90. The van der Waals surface area contributed by atoms with Gasteiger partial charge >= 0.3 is 0 Å². The van der Waals surface area contributed by atoms with E-state index < -0.39 is 6.10 Å². The van der Waals surface area contributed by atoms with Gasteiger partial charge in [0.1, 0.15) is 5.75 Å². The highest BCUT2D eigenvalue weighted by Crippen LogP contribution is 2.39. The van der Waals surface area contributed by atoms with Crippen LogP contribution in [-0.4, -0.2) is 24.1 Å². The van der Waals surface area contributed by atoms with Gasteiger partial charge in [-0.1, -0.05) is 23.2 Å². The number of rotatable bonds is 6. The third-order valence-corrected chi connectivity index (χ3v) is 4.41. The molecule has 1 saturated carbocycles. The van der Waals surface area contributed by atoms with Gasteiger partial charge in [0.2, 0.25) is 0 Å². The molecule has 1 aliphatic carbocycles. The molecular formula is C15H21Cl3N2O2. The average molecular weight is 368 g/mol. The summed E-state index contributed by atoms with van der Waals surface area (Å²) in [6.45, 7) is 4.08. The van der Waals surface area contributed by atoms with Crippen LogP contribution in [0.1, 0.15) is 26.7 Å². The van der Waals surface area contributed by atoms with E-state index in [0.29, 0.717) is 28.3 Å². The largest absolute Gasteiger partial charge is 0.479 e. The van der Waals surface area contributed by atoms with Crippen LogP contribution < -0.4 is 15.8 Å². The van der Waals surface area contributed by atoms with E-state index in [9.17, 15) is 4.79 Å². The summed E-state index contributed by atoms with van der Waals surface area (Å²) in [6.07, 6.45) is 1.55. The molecule has 4 nitrogen and oxygen atoms in total. The van der Waals surface area contributed by atoms with Crippen LogP contribution in [0.5, 0.6) is 5.75 Å². The second-order valence-electron chi connectivity index (χ2n) is 5.72. The molecule has 2 rings (SSSR count). The average Bonchev–Trinajstić information content (AvgIpc) is 3.26. The Bertz CT molecular complexity index is 538. The second kappa shape index (κ2) is 7.73. The van der Waals surface area contributed by atoms with E-state index in [-0.39, 0.29) is 23.9 Å². The van der Waals surface area contributed by atoms with E-state index in [4.69, 9.17) is 33.7 Å². The van der Waals surface area contributed by atoms with Crippen LogP contribution in [0.2, 0.25) is 10.0 Å². The van der Waals surface area contributed by atoms with Crippen molar-refractivity contribution in [3.63, 3.8) is 0 Å². The van der Waals surface area contributed by atoms with Crippen molar-refractivity contribution in [2.45, 2.75) is 38.3 Å². The van der Waals surface area contributed by atoms with E-state index in [2.05, 4.69) is 5.32 Å². The second-order valence-corrected chi connectivity index (χ2v) is 6.56. The summed E-state index contributed by atoms with van der Waals surface area (Å²) in [5, 5.41) is 3.90. The Morgan fingerprint density at radius 1 is 1.50 bits per heavy atom. The predicted molar refractivity (Wildman–Crippen MR) is 92.1 cm³/mol. The van der Waals surface area contributed by atoms with Crippen molar-refractivity contribution in [2.75, 3.05) is 6.54 Å². The van der Waals surface area contributed by atoms with Gasteiger partial charge in [-0.2, -0.15) is 0 Å². The fraction of sp³-hybridized carbons (Fsp3) is 0.533. The molecule has 7 heteroatoms. The Morgan fingerprint density at radius 3 is 2.64 bits per heavy atom. The maximum Gasteiger partial charge on any atom is 0.261 e. The van der Waals surface area contributed by atoms with Gasteiger partial charge in [0.05, 0.1) is 10.6 Å². The van der Waals surface area contributed by atoms with Crippen molar-refractivity contribution in [2.24, 2.45) is 11.7 Å². The van der Waals surface area contributed by atoms with Gasteiger partial charge in [0, 0.05) is 11.6 Å². The van der Waals surface area contributed by atoms with Gasteiger partial charge in [0.15, 0.2) is 6.10 Å². The first-order chi connectivity index (χ1) is 9.85. The van der Waals surface area contributed by atoms with Crippen molar-refractivity contribution >= 4 is 41.5 Å². The molecule has 1 aromatic carbocycles. The van der Waals surface area contributed by atoms with Crippen molar-refractivity contribution in [1.82, 2.24) is 5.32 Å². The Balaban J connectivity index is 0.00000242. The molecule has 0 bridgehead atoms. The summed E-state index contributed by atoms with van der Waals surface area (Å²) in [4.78, 5) is 12.3. The number of ether oxygens (including phenoxy) is 1. The maximum atomic E-state index is 12.3. The molecule has 1 fully saturated rings. The fourth-order valence-corrected chi connectivity index (χ4v) is 2.69.